The number of anilines is 1. The molecule has 3 rings (SSSR count). The third kappa shape index (κ3) is 4.34. The number of carbonyl (C=O) groups excluding carboxylic acids is 2. The zero-order chi connectivity index (χ0) is 18.5. The van der Waals surface area contributed by atoms with Crippen molar-refractivity contribution in [2.45, 2.75) is 20.4 Å². The van der Waals surface area contributed by atoms with Gasteiger partial charge in [0.1, 0.15) is 0 Å². The predicted octanol–water partition coefficient (Wildman–Crippen LogP) is 3.94. The number of pyridine rings is 1. The lowest BCUT2D eigenvalue weighted by Crippen LogP contribution is -2.23. The van der Waals surface area contributed by atoms with Gasteiger partial charge in [0.25, 0.3) is 11.8 Å². The summed E-state index contributed by atoms with van der Waals surface area (Å²) in [6, 6.07) is 12.5. The summed E-state index contributed by atoms with van der Waals surface area (Å²) in [6.45, 7) is 4.35. The van der Waals surface area contributed by atoms with Gasteiger partial charge < -0.3 is 10.6 Å². The maximum atomic E-state index is 12.3. The Morgan fingerprint density at radius 2 is 1.69 bits per heavy atom. The van der Waals surface area contributed by atoms with Gasteiger partial charge in [-0.3, -0.25) is 14.6 Å². The zero-order valence-electron chi connectivity index (χ0n) is 14.6. The lowest BCUT2D eigenvalue weighted by atomic mass is 10.1. The van der Waals surface area contributed by atoms with E-state index in [1.807, 2.05) is 32.0 Å². The highest BCUT2D eigenvalue weighted by Crippen LogP contribution is 2.20. The van der Waals surface area contributed by atoms with E-state index < -0.39 is 0 Å². The van der Waals surface area contributed by atoms with Gasteiger partial charge in [0.2, 0.25) is 0 Å². The van der Waals surface area contributed by atoms with Crippen LogP contribution in [-0.4, -0.2) is 16.8 Å². The van der Waals surface area contributed by atoms with Gasteiger partial charge in [-0.25, -0.2) is 0 Å². The zero-order valence-corrected chi connectivity index (χ0v) is 15.4. The van der Waals surface area contributed by atoms with E-state index in [9.17, 15) is 9.59 Å². The molecule has 6 heteroatoms. The molecule has 0 saturated heterocycles. The lowest BCUT2D eigenvalue weighted by molar-refractivity contribution is 0.0949. The Balaban J connectivity index is 1.58. The monoisotopic (exact) mass is 365 g/mol. The fourth-order valence-corrected chi connectivity index (χ4v) is 3.47. The maximum absolute atomic E-state index is 12.3. The standard InChI is InChI=1S/C20H19N3O2S/c1-13-11-18(14(2)26-13)20(25)22-12-15-3-5-16(6-4-15)19(24)23-17-7-9-21-10-8-17/h3-11H,12H2,1-2H3,(H,22,25)(H,21,23,24). The van der Waals surface area contributed by atoms with Gasteiger partial charge in [-0.15, -0.1) is 11.3 Å². The Bertz CT molecular complexity index is 918. The van der Waals surface area contributed by atoms with Crippen LogP contribution in [0, 0.1) is 13.8 Å². The van der Waals surface area contributed by atoms with E-state index in [0.717, 1.165) is 20.9 Å². The first-order chi connectivity index (χ1) is 12.5. The molecule has 0 aliphatic heterocycles. The van der Waals surface area contributed by atoms with Gasteiger partial charge in [-0.05, 0) is 49.7 Å². The van der Waals surface area contributed by atoms with E-state index in [1.54, 1.807) is 48.0 Å². The average Bonchev–Trinajstić information content (AvgIpc) is 2.99. The van der Waals surface area contributed by atoms with E-state index >= 15 is 0 Å². The first-order valence-electron chi connectivity index (χ1n) is 8.18. The molecule has 0 fully saturated rings. The molecule has 0 spiro atoms. The summed E-state index contributed by atoms with van der Waals surface area (Å²) in [4.78, 5) is 30.5. The van der Waals surface area contributed by atoms with Gasteiger partial charge in [0, 0.05) is 39.9 Å². The Labute approximate surface area is 156 Å². The van der Waals surface area contributed by atoms with Gasteiger partial charge in [-0.1, -0.05) is 12.1 Å². The minimum Gasteiger partial charge on any atom is -0.348 e. The third-order valence-corrected chi connectivity index (χ3v) is 4.86. The van der Waals surface area contributed by atoms with Crippen molar-refractivity contribution in [1.82, 2.24) is 10.3 Å². The van der Waals surface area contributed by atoms with Gasteiger partial charge in [0.05, 0.1) is 5.56 Å². The topological polar surface area (TPSA) is 71.1 Å². The summed E-state index contributed by atoms with van der Waals surface area (Å²) in [5, 5.41) is 5.73. The highest BCUT2D eigenvalue weighted by molar-refractivity contribution is 7.12. The second-order valence-electron chi connectivity index (χ2n) is 5.90. The molecule has 2 amide bonds. The van der Waals surface area contributed by atoms with Crippen molar-refractivity contribution in [2.24, 2.45) is 0 Å². The molecule has 0 aliphatic carbocycles. The second-order valence-corrected chi connectivity index (χ2v) is 7.36. The highest BCUT2D eigenvalue weighted by Gasteiger charge is 2.12. The van der Waals surface area contributed by atoms with Crippen LogP contribution in [0.3, 0.4) is 0 Å². The van der Waals surface area contributed by atoms with Crippen molar-refractivity contribution in [1.29, 1.82) is 0 Å². The van der Waals surface area contributed by atoms with Crippen LogP contribution in [0.25, 0.3) is 0 Å². The molecule has 26 heavy (non-hydrogen) atoms. The Morgan fingerprint density at radius 1 is 1.00 bits per heavy atom. The Morgan fingerprint density at radius 3 is 2.31 bits per heavy atom. The first-order valence-corrected chi connectivity index (χ1v) is 9.00. The number of amides is 2. The number of benzene rings is 1. The number of nitrogens with zero attached hydrogens (tertiary/aromatic N) is 1. The van der Waals surface area contributed by atoms with Crippen LogP contribution in [0.15, 0.2) is 54.9 Å². The molecule has 0 saturated carbocycles. The predicted molar refractivity (Wildman–Crippen MR) is 104 cm³/mol. The number of nitrogens with one attached hydrogen (secondary N) is 2. The molecule has 2 aromatic heterocycles. The number of aryl methyl sites for hydroxylation is 2. The molecule has 0 unspecified atom stereocenters. The van der Waals surface area contributed by atoms with Crippen LogP contribution in [0.2, 0.25) is 0 Å². The fourth-order valence-electron chi connectivity index (χ4n) is 2.55. The number of carbonyl (C=O) groups is 2. The van der Waals surface area contributed by atoms with Gasteiger partial charge >= 0.3 is 0 Å². The number of aromatic nitrogens is 1. The summed E-state index contributed by atoms with van der Waals surface area (Å²) in [6.07, 6.45) is 3.25. The second kappa shape index (κ2) is 7.93. The van der Waals surface area contributed by atoms with Crippen LogP contribution in [0.5, 0.6) is 0 Å². The number of hydrogen-bond donors (Lipinski definition) is 2. The molecular formula is C20H19N3O2S. The lowest BCUT2D eigenvalue weighted by Gasteiger charge is -2.07. The van der Waals surface area contributed by atoms with Gasteiger partial charge in [0.15, 0.2) is 0 Å². The molecule has 3 aromatic rings. The van der Waals surface area contributed by atoms with Crippen molar-refractivity contribution in [3.8, 4) is 0 Å². The van der Waals surface area contributed by atoms with E-state index in [4.69, 9.17) is 0 Å². The summed E-state index contributed by atoms with van der Waals surface area (Å²) < 4.78 is 0. The van der Waals surface area contributed by atoms with Crippen LogP contribution in [0.1, 0.15) is 36.0 Å². The van der Waals surface area contributed by atoms with E-state index in [-0.39, 0.29) is 11.8 Å². The van der Waals surface area contributed by atoms with Crippen molar-refractivity contribution in [3.63, 3.8) is 0 Å². The summed E-state index contributed by atoms with van der Waals surface area (Å²) >= 11 is 1.62. The van der Waals surface area contributed by atoms with Crippen LogP contribution >= 0.6 is 11.3 Å². The molecule has 132 valence electrons. The van der Waals surface area contributed by atoms with Gasteiger partial charge in [-0.2, -0.15) is 0 Å². The van der Waals surface area contributed by atoms with E-state index in [1.165, 1.54) is 0 Å². The van der Waals surface area contributed by atoms with Crippen molar-refractivity contribution >= 4 is 28.8 Å². The van der Waals surface area contributed by atoms with E-state index in [2.05, 4.69) is 15.6 Å². The molecule has 0 aliphatic rings. The summed E-state index contributed by atoms with van der Waals surface area (Å²) in [7, 11) is 0. The van der Waals surface area contributed by atoms with Crippen molar-refractivity contribution < 1.29 is 9.59 Å². The van der Waals surface area contributed by atoms with E-state index in [0.29, 0.717) is 17.8 Å². The van der Waals surface area contributed by atoms with Crippen LogP contribution < -0.4 is 10.6 Å². The molecule has 0 atom stereocenters. The fraction of sp³-hybridized carbons (Fsp3) is 0.150. The normalized spacial score (nSPS) is 10.4. The minimum absolute atomic E-state index is 0.0774. The average molecular weight is 365 g/mol. The number of thiophene rings is 1. The SMILES string of the molecule is Cc1cc(C(=O)NCc2ccc(C(=O)Nc3ccncc3)cc2)c(C)s1. The first kappa shape index (κ1) is 17.8. The molecule has 2 heterocycles. The van der Waals surface area contributed by atoms with Crippen LogP contribution in [0.4, 0.5) is 5.69 Å². The summed E-state index contributed by atoms with van der Waals surface area (Å²) in [5.41, 5.74) is 2.91. The molecule has 0 bridgehead atoms. The maximum Gasteiger partial charge on any atom is 0.255 e. The number of rotatable bonds is 5. The Kier molecular flexibility index (Phi) is 5.43. The molecule has 2 N–H and O–H groups in total. The number of hydrogen-bond acceptors (Lipinski definition) is 4. The Hall–Kier alpha value is -2.99. The quantitative estimate of drug-likeness (QED) is 0.719. The van der Waals surface area contributed by atoms with Crippen molar-refractivity contribution in [2.75, 3.05) is 5.32 Å². The molecule has 5 nitrogen and oxygen atoms in total. The van der Waals surface area contributed by atoms with Crippen LogP contribution in [-0.2, 0) is 6.54 Å². The van der Waals surface area contributed by atoms with Crippen molar-refractivity contribution in [3.05, 3.63) is 81.3 Å². The third-order valence-electron chi connectivity index (χ3n) is 3.89. The molecule has 0 radical (unpaired) electrons. The minimum atomic E-state index is -0.184. The highest BCUT2D eigenvalue weighted by atomic mass is 32.1. The molecule has 1 aromatic carbocycles. The summed E-state index contributed by atoms with van der Waals surface area (Å²) in [5.74, 6) is -0.262. The smallest absolute Gasteiger partial charge is 0.255 e. The molecular weight excluding hydrogens is 346 g/mol. The largest absolute Gasteiger partial charge is 0.348 e.